The van der Waals surface area contributed by atoms with Crippen LogP contribution in [-0.4, -0.2) is 73.8 Å². The first kappa shape index (κ1) is 21.1. The minimum Gasteiger partial charge on any atom is -0.253 e. The summed E-state index contributed by atoms with van der Waals surface area (Å²) in [6.45, 7) is 33.0. The van der Waals surface area contributed by atoms with Gasteiger partial charge in [0, 0.05) is 48.3 Å². The van der Waals surface area contributed by atoms with Crippen LogP contribution in [0.1, 0.15) is 83.1 Å². The lowest BCUT2D eigenvalue weighted by Crippen LogP contribution is -2.79. The molecule has 148 valence electrons. The molecule has 2 saturated heterocycles. The molecule has 25 heavy (non-hydrogen) atoms. The normalized spacial score (nSPS) is 25.4. The zero-order chi connectivity index (χ0) is 19.6. The fraction of sp³-hybridized carbons (Fsp3) is 1.00. The molecule has 2 fully saturated rings. The van der Waals surface area contributed by atoms with Gasteiger partial charge in [-0.15, -0.1) is 0 Å². The number of rotatable bonds is 0. The Hall–Kier alpha value is -0.160. The van der Waals surface area contributed by atoms with Gasteiger partial charge in [0.1, 0.15) is 0 Å². The second kappa shape index (κ2) is 5.92. The Labute approximate surface area is 157 Å². The molecule has 0 atom stereocenters. The third kappa shape index (κ3) is 3.40. The maximum atomic E-state index is 2.76. The van der Waals surface area contributed by atoms with E-state index < -0.39 is 0 Å². The van der Waals surface area contributed by atoms with Gasteiger partial charge in [0.2, 0.25) is 0 Å². The molecule has 2 heterocycles. The molecule has 4 nitrogen and oxygen atoms in total. The number of hydrogen-bond donors (Lipinski definition) is 0. The third-order valence-corrected chi connectivity index (χ3v) is 5.78. The summed E-state index contributed by atoms with van der Waals surface area (Å²) in [5.74, 6) is -0.174. The topological polar surface area (TPSA) is 13.0 Å². The Kier molecular flexibility index (Phi) is 5.01. The van der Waals surface area contributed by atoms with E-state index in [1.807, 2.05) is 0 Å². The predicted molar refractivity (Wildman–Crippen MR) is 109 cm³/mol. The van der Waals surface area contributed by atoms with Crippen molar-refractivity contribution in [3.8, 4) is 0 Å². The van der Waals surface area contributed by atoms with Gasteiger partial charge in [-0.05, 0) is 83.1 Å². The molecule has 0 aromatic carbocycles. The van der Waals surface area contributed by atoms with Gasteiger partial charge >= 0.3 is 0 Å². The SMILES string of the molecule is CC(C)(C)N1CCN(C(C)(C)C)C12N(C(C)(C)C)CCN2C(C)(C)C. The quantitative estimate of drug-likeness (QED) is 0.652. The Balaban J connectivity index is 2.77. The van der Waals surface area contributed by atoms with Gasteiger partial charge in [0.05, 0.1) is 0 Å². The molecule has 0 aromatic heterocycles. The van der Waals surface area contributed by atoms with E-state index in [9.17, 15) is 0 Å². The molecule has 2 rings (SSSR count). The molecule has 0 N–H and O–H groups in total. The van der Waals surface area contributed by atoms with Crippen molar-refractivity contribution in [2.75, 3.05) is 26.2 Å². The van der Waals surface area contributed by atoms with Crippen molar-refractivity contribution in [2.24, 2.45) is 0 Å². The summed E-state index contributed by atoms with van der Waals surface area (Å²) in [6.07, 6.45) is 0. The zero-order valence-electron chi connectivity index (χ0n) is 19.1. The van der Waals surface area contributed by atoms with Crippen molar-refractivity contribution >= 4 is 0 Å². The highest BCUT2D eigenvalue weighted by molar-refractivity contribution is 5.11. The maximum absolute atomic E-state index is 2.76. The minimum atomic E-state index is -0.174. The summed E-state index contributed by atoms with van der Waals surface area (Å²) < 4.78 is 0. The van der Waals surface area contributed by atoms with E-state index in [2.05, 4.69) is 103 Å². The number of nitrogens with zero attached hydrogens (tertiary/aromatic N) is 4. The summed E-state index contributed by atoms with van der Waals surface area (Å²) in [6, 6.07) is 0. The second-order valence-electron chi connectivity index (χ2n) is 11.9. The highest BCUT2D eigenvalue weighted by Gasteiger charge is 2.66. The van der Waals surface area contributed by atoms with E-state index in [1.165, 1.54) is 0 Å². The van der Waals surface area contributed by atoms with Crippen LogP contribution in [0.4, 0.5) is 0 Å². The van der Waals surface area contributed by atoms with Gasteiger partial charge in [0.25, 0.3) is 0 Å². The second-order valence-corrected chi connectivity index (χ2v) is 11.9. The Morgan fingerprint density at radius 2 is 0.560 bits per heavy atom. The fourth-order valence-corrected chi connectivity index (χ4v) is 5.02. The van der Waals surface area contributed by atoms with E-state index >= 15 is 0 Å². The van der Waals surface area contributed by atoms with Crippen LogP contribution in [0.2, 0.25) is 0 Å². The lowest BCUT2D eigenvalue weighted by atomic mass is 9.97. The molecule has 4 heteroatoms. The lowest BCUT2D eigenvalue weighted by Gasteiger charge is -2.62. The first-order chi connectivity index (χ1) is 10.9. The summed E-state index contributed by atoms with van der Waals surface area (Å²) in [5, 5.41) is 0. The van der Waals surface area contributed by atoms with Crippen LogP contribution in [-0.2, 0) is 0 Å². The van der Waals surface area contributed by atoms with Crippen LogP contribution in [0.25, 0.3) is 0 Å². The molecule has 0 saturated carbocycles. The molecular formula is C21H44N4. The highest BCUT2D eigenvalue weighted by atomic mass is 15.8. The van der Waals surface area contributed by atoms with Crippen molar-refractivity contribution in [1.82, 2.24) is 19.6 Å². The molecule has 2 aliphatic rings. The van der Waals surface area contributed by atoms with Crippen molar-refractivity contribution in [2.45, 2.75) is 111 Å². The summed E-state index contributed by atoms with van der Waals surface area (Å²) in [7, 11) is 0. The van der Waals surface area contributed by atoms with Crippen molar-refractivity contribution in [3.05, 3.63) is 0 Å². The van der Waals surface area contributed by atoms with Gasteiger partial charge in [-0.25, -0.2) is 0 Å². The van der Waals surface area contributed by atoms with E-state index in [1.54, 1.807) is 0 Å². The molecule has 0 unspecified atom stereocenters. The average molecular weight is 353 g/mol. The molecule has 1 spiro atoms. The van der Waals surface area contributed by atoms with Gasteiger partial charge in [-0.2, -0.15) is 0 Å². The Morgan fingerprint density at radius 1 is 0.400 bits per heavy atom. The standard InChI is InChI=1S/C21H44N4/c1-17(2,3)22-13-14-23(18(4,5)6)21(22)24(19(7,8)9)15-16-25(21)20(10,11)12/h13-16H2,1-12H3. The Morgan fingerprint density at radius 3 is 0.680 bits per heavy atom. The van der Waals surface area contributed by atoms with E-state index in [4.69, 9.17) is 0 Å². The van der Waals surface area contributed by atoms with E-state index in [0.717, 1.165) is 26.2 Å². The van der Waals surface area contributed by atoms with Crippen LogP contribution in [0.5, 0.6) is 0 Å². The largest absolute Gasteiger partial charge is 0.253 e. The van der Waals surface area contributed by atoms with Gasteiger partial charge in [0.15, 0.2) is 5.91 Å². The third-order valence-electron chi connectivity index (χ3n) is 5.78. The van der Waals surface area contributed by atoms with Crippen LogP contribution in [0.3, 0.4) is 0 Å². The predicted octanol–water partition coefficient (Wildman–Crippen LogP) is 4.03. The highest BCUT2D eigenvalue weighted by Crippen LogP contribution is 2.50. The molecule has 0 bridgehead atoms. The van der Waals surface area contributed by atoms with Gasteiger partial charge in [-0.3, -0.25) is 19.6 Å². The van der Waals surface area contributed by atoms with Crippen LogP contribution in [0.15, 0.2) is 0 Å². The van der Waals surface area contributed by atoms with Crippen LogP contribution in [0, 0.1) is 0 Å². The van der Waals surface area contributed by atoms with Crippen molar-refractivity contribution in [1.29, 1.82) is 0 Å². The average Bonchev–Trinajstić information content (AvgIpc) is 2.88. The Bertz CT molecular complexity index is 390. The van der Waals surface area contributed by atoms with Crippen LogP contribution < -0.4 is 0 Å². The summed E-state index contributed by atoms with van der Waals surface area (Å²) in [5.41, 5.74) is 0.434. The fourth-order valence-electron chi connectivity index (χ4n) is 5.02. The summed E-state index contributed by atoms with van der Waals surface area (Å²) in [4.78, 5) is 11.0. The monoisotopic (exact) mass is 352 g/mol. The molecule has 0 radical (unpaired) electrons. The van der Waals surface area contributed by atoms with Crippen molar-refractivity contribution < 1.29 is 0 Å². The number of hydrogen-bond acceptors (Lipinski definition) is 4. The molecule has 2 aliphatic heterocycles. The zero-order valence-corrected chi connectivity index (χ0v) is 19.1. The van der Waals surface area contributed by atoms with Crippen LogP contribution >= 0.6 is 0 Å². The van der Waals surface area contributed by atoms with Crippen molar-refractivity contribution in [3.63, 3.8) is 0 Å². The lowest BCUT2D eigenvalue weighted by molar-refractivity contribution is -0.265. The molecule has 0 aromatic rings. The first-order valence-electron chi connectivity index (χ1n) is 10.1. The molecule has 0 amide bonds. The maximum Gasteiger partial charge on any atom is 0.193 e. The van der Waals surface area contributed by atoms with E-state index in [0.29, 0.717) is 0 Å². The summed E-state index contributed by atoms with van der Waals surface area (Å²) >= 11 is 0. The van der Waals surface area contributed by atoms with Gasteiger partial charge in [-0.1, -0.05) is 0 Å². The molecular weight excluding hydrogens is 308 g/mol. The smallest absolute Gasteiger partial charge is 0.193 e. The van der Waals surface area contributed by atoms with E-state index in [-0.39, 0.29) is 28.1 Å². The molecule has 0 aliphatic carbocycles. The van der Waals surface area contributed by atoms with Gasteiger partial charge < -0.3 is 0 Å². The first-order valence-corrected chi connectivity index (χ1v) is 10.1. The minimum absolute atomic E-state index is 0.108.